The first-order chi connectivity index (χ1) is 12.5. The van der Waals surface area contributed by atoms with Gasteiger partial charge >= 0.3 is 6.03 Å². The second-order valence-electron chi connectivity index (χ2n) is 5.94. The maximum atomic E-state index is 12.8. The molecule has 2 rings (SSSR count). The zero-order chi connectivity index (χ0) is 19.1. The monoisotopic (exact) mass is 376 g/mol. The van der Waals surface area contributed by atoms with E-state index < -0.39 is 11.9 Å². The highest BCUT2D eigenvalue weighted by Gasteiger charge is 2.17. The lowest BCUT2D eigenvalue weighted by molar-refractivity contribution is -0.117. The van der Waals surface area contributed by atoms with Gasteiger partial charge in [-0.2, -0.15) is 0 Å². The first-order valence-corrected chi connectivity index (χ1v) is 9.68. The minimum Gasteiger partial charge on any atom is -0.338 e. The van der Waals surface area contributed by atoms with Crippen molar-refractivity contribution in [3.63, 3.8) is 0 Å². The molecule has 26 heavy (non-hydrogen) atoms. The number of imide groups is 1. The molecule has 0 spiro atoms. The van der Waals surface area contributed by atoms with Crippen molar-refractivity contribution in [1.82, 2.24) is 20.2 Å². The number of para-hydroxylation sites is 1. The third-order valence-corrected chi connectivity index (χ3v) is 4.88. The van der Waals surface area contributed by atoms with Gasteiger partial charge in [0.15, 0.2) is 5.16 Å². The highest BCUT2D eigenvalue weighted by molar-refractivity contribution is 7.99. The van der Waals surface area contributed by atoms with Crippen LogP contribution in [-0.2, 0) is 4.79 Å². The summed E-state index contributed by atoms with van der Waals surface area (Å²) >= 11 is 1.15. The van der Waals surface area contributed by atoms with Gasteiger partial charge in [-0.1, -0.05) is 37.7 Å². The Balaban J connectivity index is 2.21. The van der Waals surface area contributed by atoms with Crippen molar-refractivity contribution in [3.05, 3.63) is 34.6 Å². The number of nitrogens with zero attached hydrogens (tertiary/aromatic N) is 2. The largest absolute Gasteiger partial charge is 0.338 e. The third-order valence-electron chi connectivity index (χ3n) is 3.93. The van der Waals surface area contributed by atoms with Crippen LogP contribution >= 0.6 is 11.8 Å². The number of amides is 3. The topological polar surface area (TPSA) is 93.1 Å². The number of nitrogens with one attached hydrogen (secondary N) is 2. The number of benzene rings is 1. The summed E-state index contributed by atoms with van der Waals surface area (Å²) in [7, 11) is 0. The summed E-state index contributed by atoms with van der Waals surface area (Å²) in [5, 5.41) is 5.89. The van der Waals surface area contributed by atoms with Gasteiger partial charge in [0.1, 0.15) is 0 Å². The number of carbonyl (C=O) groups excluding carboxylic acids is 2. The lowest BCUT2D eigenvalue weighted by Gasteiger charge is -2.18. The summed E-state index contributed by atoms with van der Waals surface area (Å²) in [5.74, 6) is -0.428. The smallest absolute Gasteiger partial charge is 0.321 e. The van der Waals surface area contributed by atoms with E-state index in [2.05, 4.69) is 15.6 Å². The summed E-state index contributed by atoms with van der Waals surface area (Å²) in [5.41, 5.74) is 0.481. The normalized spacial score (nSPS) is 12.0. The van der Waals surface area contributed by atoms with Crippen LogP contribution in [0.25, 0.3) is 10.9 Å². The van der Waals surface area contributed by atoms with Crippen LogP contribution < -0.4 is 16.2 Å². The van der Waals surface area contributed by atoms with Crippen LogP contribution in [0.5, 0.6) is 0 Å². The molecule has 3 amide bonds. The number of thioether (sulfide) groups is 1. The summed E-state index contributed by atoms with van der Waals surface area (Å²) in [6, 6.07) is 6.60. The van der Waals surface area contributed by atoms with Crippen LogP contribution in [0.1, 0.15) is 39.7 Å². The maximum Gasteiger partial charge on any atom is 0.321 e. The second kappa shape index (κ2) is 9.38. The van der Waals surface area contributed by atoms with Gasteiger partial charge in [-0.3, -0.25) is 19.5 Å². The Hall–Kier alpha value is -2.35. The number of fused-ring (bicyclic) bond motifs is 1. The van der Waals surface area contributed by atoms with Crippen molar-refractivity contribution in [2.75, 3.05) is 12.3 Å². The van der Waals surface area contributed by atoms with Crippen molar-refractivity contribution in [3.8, 4) is 0 Å². The van der Waals surface area contributed by atoms with Gasteiger partial charge in [0.2, 0.25) is 5.91 Å². The molecular weight excluding hydrogens is 352 g/mol. The Kier molecular flexibility index (Phi) is 7.20. The Morgan fingerprint density at radius 3 is 2.69 bits per heavy atom. The lowest BCUT2D eigenvalue weighted by Crippen LogP contribution is -2.40. The van der Waals surface area contributed by atoms with Crippen molar-refractivity contribution in [1.29, 1.82) is 0 Å². The molecule has 0 saturated heterocycles. The molecule has 0 fully saturated rings. The summed E-state index contributed by atoms with van der Waals surface area (Å²) in [6.07, 6.45) is 1.55. The van der Waals surface area contributed by atoms with Gasteiger partial charge in [-0.05, 0) is 31.9 Å². The molecule has 0 aliphatic carbocycles. The number of carbonyl (C=O) groups is 2. The van der Waals surface area contributed by atoms with Crippen molar-refractivity contribution >= 4 is 34.6 Å². The molecule has 1 unspecified atom stereocenters. The molecule has 1 heterocycles. The molecule has 0 bridgehead atoms. The number of hydrogen-bond donors (Lipinski definition) is 2. The lowest BCUT2D eigenvalue weighted by atomic mass is 10.2. The van der Waals surface area contributed by atoms with E-state index in [1.54, 1.807) is 16.7 Å². The predicted molar refractivity (Wildman–Crippen MR) is 104 cm³/mol. The molecule has 8 heteroatoms. The molecule has 1 aromatic heterocycles. The predicted octanol–water partition coefficient (Wildman–Crippen LogP) is 2.70. The molecule has 2 N–H and O–H groups in total. The number of urea groups is 1. The van der Waals surface area contributed by atoms with Crippen LogP contribution in [0.3, 0.4) is 0 Å². The number of aromatic nitrogens is 2. The quantitative estimate of drug-likeness (QED) is 0.572. The Labute approximate surface area is 156 Å². The molecule has 0 saturated carbocycles. The fourth-order valence-corrected chi connectivity index (χ4v) is 3.27. The van der Waals surface area contributed by atoms with Crippen LogP contribution in [0.2, 0.25) is 0 Å². The van der Waals surface area contributed by atoms with Crippen LogP contribution in [0, 0.1) is 0 Å². The fraction of sp³-hybridized carbons (Fsp3) is 0.444. The second-order valence-corrected chi connectivity index (χ2v) is 6.88. The van der Waals surface area contributed by atoms with Gasteiger partial charge in [-0.15, -0.1) is 0 Å². The zero-order valence-electron chi connectivity index (χ0n) is 15.2. The van der Waals surface area contributed by atoms with Crippen molar-refractivity contribution < 1.29 is 9.59 Å². The molecule has 1 aromatic carbocycles. The maximum absolute atomic E-state index is 12.8. The van der Waals surface area contributed by atoms with E-state index >= 15 is 0 Å². The molecule has 0 aliphatic rings. The van der Waals surface area contributed by atoms with E-state index in [-0.39, 0.29) is 17.4 Å². The molecular formula is C18H24N4O3S. The van der Waals surface area contributed by atoms with Gasteiger partial charge in [0, 0.05) is 12.6 Å². The van der Waals surface area contributed by atoms with Crippen LogP contribution in [0.4, 0.5) is 4.79 Å². The summed E-state index contributed by atoms with van der Waals surface area (Å²) in [6.45, 7) is 6.37. The average molecular weight is 376 g/mol. The minimum atomic E-state index is -0.511. The zero-order valence-corrected chi connectivity index (χ0v) is 16.1. The average Bonchev–Trinajstić information content (AvgIpc) is 2.64. The SMILES string of the molecule is CCCNC(=O)NC(=O)CSc1nc2ccccc2c(=O)n1C(C)CC. The standard InChI is InChI=1S/C18H24N4O3S/c1-4-10-19-17(25)21-15(23)11-26-18-20-14-9-7-6-8-13(14)16(24)22(18)12(3)5-2/h6-9,12H,4-5,10-11H2,1-3H3,(H2,19,21,23,25). The fourth-order valence-electron chi connectivity index (χ4n) is 2.37. The Morgan fingerprint density at radius 2 is 2.00 bits per heavy atom. The van der Waals surface area contributed by atoms with Gasteiger partial charge in [-0.25, -0.2) is 9.78 Å². The Bertz CT molecular complexity index is 850. The summed E-state index contributed by atoms with van der Waals surface area (Å²) < 4.78 is 1.62. The number of rotatable bonds is 7. The Morgan fingerprint density at radius 1 is 1.27 bits per heavy atom. The molecule has 1 atom stereocenters. The molecule has 0 aliphatic heterocycles. The van der Waals surface area contributed by atoms with E-state index in [0.29, 0.717) is 22.6 Å². The van der Waals surface area contributed by atoms with E-state index in [0.717, 1.165) is 24.6 Å². The van der Waals surface area contributed by atoms with Gasteiger partial charge in [0.05, 0.1) is 16.7 Å². The van der Waals surface area contributed by atoms with Gasteiger partial charge in [0.25, 0.3) is 5.56 Å². The highest BCUT2D eigenvalue weighted by Crippen LogP contribution is 2.22. The molecule has 140 valence electrons. The van der Waals surface area contributed by atoms with E-state index in [1.165, 1.54) is 0 Å². The van der Waals surface area contributed by atoms with E-state index in [1.807, 2.05) is 32.9 Å². The third kappa shape index (κ3) is 4.85. The first-order valence-electron chi connectivity index (χ1n) is 8.69. The summed E-state index contributed by atoms with van der Waals surface area (Å²) in [4.78, 5) is 40.9. The minimum absolute atomic E-state index is 0.000753. The van der Waals surface area contributed by atoms with Crippen molar-refractivity contribution in [2.24, 2.45) is 0 Å². The van der Waals surface area contributed by atoms with E-state index in [9.17, 15) is 14.4 Å². The van der Waals surface area contributed by atoms with Crippen LogP contribution in [0.15, 0.2) is 34.2 Å². The molecule has 2 aromatic rings. The highest BCUT2D eigenvalue weighted by atomic mass is 32.2. The van der Waals surface area contributed by atoms with E-state index in [4.69, 9.17) is 0 Å². The van der Waals surface area contributed by atoms with Crippen molar-refractivity contribution in [2.45, 2.75) is 44.8 Å². The number of hydrogen-bond acceptors (Lipinski definition) is 5. The molecule has 0 radical (unpaired) electrons. The molecule has 7 nitrogen and oxygen atoms in total. The van der Waals surface area contributed by atoms with Gasteiger partial charge < -0.3 is 5.32 Å². The van der Waals surface area contributed by atoms with Crippen LogP contribution in [-0.4, -0.2) is 33.8 Å². The first kappa shape index (κ1) is 20.0.